The van der Waals surface area contributed by atoms with Crippen molar-refractivity contribution in [3.8, 4) is 11.5 Å². The summed E-state index contributed by atoms with van der Waals surface area (Å²) in [7, 11) is 0. The van der Waals surface area contributed by atoms with Gasteiger partial charge in [-0.3, -0.25) is 14.5 Å². The van der Waals surface area contributed by atoms with Crippen LogP contribution in [0.5, 0.6) is 11.5 Å². The number of aliphatic hydroxyl groups is 1. The van der Waals surface area contributed by atoms with Gasteiger partial charge in [-0.25, -0.2) is 0 Å². The van der Waals surface area contributed by atoms with E-state index >= 15 is 0 Å². The Labute approximate surface area is 232 Å². The van der Waals surface area contributed by atoms with E-state index in [2.05, 4.69) is 15.9 Å². The van der Waals surface area contributed by atoms with E-state index in [0.29, 0.717) is 28.3 Å². The first-order chi connectivity index (χ1) is 18.9. The zero-order chi connectivity index (χ0) is 27.1. The maximum absolute atomic E-state index is 13.9. The Balaban J connectivity index is 1.46. The molecule has 0 saturated carbocycles. The lowest BCUT2D eigenvalue weighted by Crippen LogP contribution is -2.31. The third-order valence-corrected chi connectivity index (χ3v) is 7.11. The Bertz CT molecular complexity index is 1750. The van der Waals surface area contributed by atoms with Crippen molar-refractivity contribution in [2.45, 2.75) is 13.0 Å². The van der Waals surface area contributed by atoms with E-state index in [-0.39, 0.29) is 11.3 Å². The normalized spacial score (nSPS) is 15.3. The van der Waals surface area contributed by atoms with Gasteiger partial charge in [0, 0.05) is 15.5 Å². The predicted molar refractivity (Wildman–Crippen MR) is 152 cm³/mol. The van der Waals surface area contributed by atoms with Crippen molar-refractivity contribution < 1.29 is 23.8 Å². The number of carbonyl (C=O) groups is 2. The molecule has 6 rings (SSSR count). The summed E-state index contributed by atoms with van der Waals surface area (Å²) in [6.07, 6.45) is 0. The SMILES string of the molecule is Cc1ccc(N2C(=O)C(O)=C(C(=O)c3cc4cc(Br)ccc4o3)C2c2cccc(Oc3ccccc3)c2)cc1. The molecule has 2 heterocycles. The molecule has 0 saturated heterocycles. The molecular formula is C32H22BrNO5. The number of furan rings is 1. The van der Waals surface area contributed by atoms with E-state index < -0.39 is 23.5 Å². The molecule has 1 aliphatic heterocycles. The second-order valence-electron chi connectivity index (χ2n) is 9.29. The summed E-state index contributed by atoms with van der Waals surface area (Å²) in [6.45, 7) is 1.95. The Morgan fingerprint density at radius 2 is 1.64 bits per heavy atom. The van der Waals surface area contributed by atoms with Crippen molar-refractivity contribution >= 4 is 44.3 Å². The zero-order valence-corrected chi connectivity index (χ0v) is 22.4. The standard InChI is InChI=1S/C32H22BrNO5/c1-19-10-13-23(14-11-19)34-29(20-6-5-9-25(17-20)38-24-7-3-2-4-8-24)28(31(36)32(34)37)30(35)27-18-21-16-22(33)12-15-26(21)39-27/h2-18,29,36H,1H3. The lowest BCUT2D eigenvalue weighted by atomic mass is 9.94. The monoisotopic (exact) mass is 579 g/mol. The molecule has 0 bridgehead atoms. The van der Waals surface area contributed by atoms with Crippen LogP contribution < -0.4 is 9.64 Å². The number of ketones is 1. The summed E-state index contributed by atoms with van der Waals surface area (Å²) >= 11 is 3.43. The van der Waals surface area contributed by atoms with Crippen molar-refractivity contribution in [1.29, 1.82) is 0 Å². The van der Waals surface area contributed by atoms with E-state index in [1.54, 1.807) is 48.5 Å². The Morgan fingerprint density at radius 1 is 0.897 bits per heavy atom. The highest BCUT2D eigenvalue weighted by Crippen LogP contribution is 2.43. The Kier molecular flexibility index (Phi) is 6.29. The number of Topliss-reactive ketones (excluding diaryl/α,β-unsaturated/α-hetero) is 1. The summed E-state index contributed by atoms with van der Waals surface area (Å²) < 4.78 is 12.7. The van der Waals surface area contributed by atoms with E-state index in [9.17, 15) is 14.7 Å². The number of halogens is 1. The van der Waals surface area contributed by atoms with Crippen LogP contribution in [0.25, 0.3) is 11.0 Å². The van der Waals surface area contributed by atoms with Crippen LogP contribution in [0.15, 0.2) is 123 Å². The molecule has 0 fully saturated rings. The van der Waals surface area contributed by atoms with Gasteiger partial charge in [-0.05, 0) is 73.2 Å². The molecule has 0 spiro atoms. The number of aliphatic hydroxyl groups excluding tert-OH is 1. The fourth-order valence-electron chi connectivity index (χ4n) is 4.76. The minimum absolute atomic E-state index is 0.0323. The van der Waals surface area contributed by atoms with Gasteiger partial charge >= 0.3 is 0 Å². The summed E-state index contributed by atoms with van der Waals surface area (Å²) in [6, 6.07) is 29.9. The molecule has 1 aromatic heterocycles. The first-order valence-corrected chi connectivity index (χ1v) is 13.1. The molecule has 1 N–H and O–H groups in total. The third-order valence-electron chi connectivity index (χ3n) is 6.62. The van der Waals surface area contributed by atoms with Gasteiger partial charge in [0.25, 0.3) is 5.91 Å². The second-order valence-corrected chi connectivity index (χ2v) is 10.2. The van der Waals surface area contributed by atoms with Crippen LogP contribution in [0.3, 0.4) is 0 Å². The fourth-order valence-corrected chi connectivity index (χ4v) is 5.13. The first-order valence-electron chi connectivity index (χ1n) is 12.3. The second kappa shape index (κ2) is 9.93. The van der Waals surface area contributed by atoms with E-state index in [1.807, 2.05) is 61.5 Å². The molecule has 4 aromatic carbocycles. The Morgan fingerprint density at radius 3 is 2.41 bits per heavy atom. The summed E-state index contributed by atoms with van der Waals surface area (Å²) in [5.74, 6) is -0.633. The summed E-state index contributed by atoms with van der Waals surface area (Å²) in [5.41, 5.74) is 2.63. The molecule has 1 amide bonds. The average Bonchev–Trinajstić information content (AvgIpc) is 3.48. The number of amides is 1. The quantitative estimate of drug-likeness (QED) is 0.206. The molecule has 6 nitrogen and oxygen atoms in total. The molecule has 7 heteroatoms. The minimum Gasteiger partial charge on any atom is -0.503 e. The smallest absolute Gasteiger partial charge is 0.294 e. The molecule has 39 heavy (non-hydrogen) atoms. The number of ether oxygens (including phenoxy) is 1. The van der Waals surface area contributed by atoms with Crippen LogP contribution in [0, 0.1) is 6.92 Å². The number of fused-ring (bicyclic) bond motifs is 1. The van der Waals surface area contributed by atoms with E-state index in [4.69, 9.17) is 9.15 Å². The van der Waals surface area contributed by atoms with Gasteiger partial charge in [-0.2, -0.15) is 0 Å². The van der Waals surface area contributed by atoms with Crippen molar-refractivity contribution in [2.75, 3.05) is 4.90 Å². The molecule has 5 aromatic rings. The number of carbonyl (C=O) groups excluding carboxylic acids is 2. The third kappa shape index (κ3) is 4.62. The van der Waals surface area contributed by atoms with Crippen LogP contribution in [0.1, 0.15) is 27.7 Å². The van der Waals surface area contributed by atoms with Gasteiger partial charge in [0.1, 0.15) is 17.1 Å². The molecule has 0 aliphatic carbocycles. The van der Waals surface area contributed by atoms with Gasteiger partial charge in [0.15, 0.2) is 11.5 Å². The van der Waals surface area contributed by atoms with Crippen molar-refractivity contribution in [2.24, 2.45) is 0 Å². The van der Waals surface area contributed by atoms with E-state index in [0.717, 1.165) is 15.4 Å². The molecule has 1 aliphatic rings. The molecule has 0 radical (unpaired) electrons. The number of hydrogen-bond acceptors (Lipinski definition) is 5. The number of rotatable bonds is 6. The maximum Gasteiger partial charge on any atom is 0.294 e. The number of aryl methyl sites for hydroxylation is 1. The molecule has 192 valence electrons. The van der Waals surface area contributed by atoms with Crippen molar-refractivity contribution in [1.82, 2.24) is 0 Å². The van der Waals surface area contributed by atoms with Crippen molar-refractivity contribution in [3.05, 3.63) is 136 Å². The minimum atomic E-state index is -0.910. The molecule has 1 atom stereocenters. The van der Waals surface area contributed by atoms with Crippen LogP contribution in [-0.4, -0.2) is 16.8 Å². The maximum atomic E-state index is 13.9. The van der Waals surface area contributed by atoms with Gasteiger partial charge < -0.3 is 14.3 Å². The van der Waals surface area contributed by atoms with Gasteiger partial charge in [-0.1, -0.05) is 64.0 Å². The van der Waals surface area contributed by atoms with Crippen LogP contribution in [-0.2, 0) is 4.79 Å². The topological polar surface area (TPSA) is 80.0 Å². The first kappa shape index (κ1) is 24.7. The average molecular weight is 580 g/mol. The summed E-state index contributed by atoms with van der Waals surface area (Å²) in [4.78, 5) is 28.9. The number of benzene rings is 4. The molecular weight excluding hydrogens is 558 g/mol. The Hall–Kier alpha value is -4.62. The van der Waals surface area contributed by atoms with Crippen molar-refractivity contribution in [3.63, 3.8) is 0 Å². The highest BCUT2D eigenvalue weighted by molar-refractivity contribution is 9.10. The van der Waals surface area contributed by atoms with Crippen LogP contribution >= 0.6 is 15.9 Å². The number of anilines is 1. The lowest BCUT2D eigenvalue weighted by Gasteiger charge is -2.27. The van der Waals surface area contributed by atoms with Crippen LogP contribution in [0.2, 0.25) is 0 Å². The van der Waals surface area contributed by atoms with Gasteiger partial charge in [-0.15, -0.1) is 0 Å². The number of para-hydroxylation sites is 1. The number of hydrogen-bond donors (Lipinski definition) is 1. The predicted octanol–water partition coefficient (Wildman–Crippen LogP) is 8.08. The van der Waals surface area contributed by atoms with Gasteiger partial charge in [0.05, 0.1) is 11.6 Å². The zero-order valence-electron chi connectivity index (χ0n) is 20.8. The largest absolute Gasteiger partial charge is 0.503 e. The highest BCUT2D eigenvalue weighted by atomic mass is 79.9. The van der Waals surface area contributed by atoms with Gasteiger partial charge in [0.2, 0.25) is 5.78 Å². The lowest BCUT2D eigenvalue weighted by molar-refractivity contribution is -0.117. The summed E-state index contributed by atoms with van der Waals surface area (Å²) in [5, 5.41) is 11.8. The van der Waals surface area contributed by atoms with Crippen LogP contribution in [0.4, 0.5) is 5.69 Å². The highest BCUT2D eigenvalue weighted by Gasteiger charge is 2.45. The fraction of sp³-hybridized carbons (Fsp3) is 0.0625. The number of nitrogens with zero attached hydrogens (tertiary/aromatic N) is 1. The molecule has 1 unspecified atom stereocenters. The van der Waals surface area contributed by atoms with E-state index in [1.165, 1.54) is 4.90 Å².